The standard InChI is InChI=1S/C11H11N5O3S/c17-7-1-2-9-3-5-10(6-4-9)20(18,19)12-8-11-13-15-16-14-11/h3-6,12,17H,7-8H2,(H,13,14,15,16). The fourth-order valence-electron chi connectivity index (χ4n) is 1.36. The first-order chi connectivity index (χ1) is 9.62. The molecule has 0 unspecified atom stereocenters. The quantitative estimate of drug-likeness (QED) is 0.623. The third kappa shape index (κ3) is 3.61. The molecule has 0 aliphatic carbocycles. The molecule has 2 aromatic rings. The summed E-state index contributed by atoms with van der Waals surface area (Å²) >= 11 is 0. The van der Waals surface area contributed by atoms with Gasteiger partial charge < -0.3 is 5.11 Å². The molecular formula is C11H11N5O3S. The molecule has 9 heteroatoms. The van der Waals surface area contributed by atoms with E-state index in [0.717, 1.165) is 0 Å². The van der Waals surface area contributed by atoms with Gasteiger partial charge >= 0.3 is 0 Å². The molecule has 0 atom stereocenters. The van der Waals surface area contributed by atoms with E-state index >= 15 is 0 Å². The first kappa shape index (κ1) is 14.1. The lowest BCUT2D eigenvalue weighted by Gasteiger charge is -2.04. The molecular weight excluding hydrogens is 282 g/mol. The van der Waals surface area contributed by atoms with Gasteiger partial charge in [-0.25, -0.2) is 13.1 Å². The number of tetrazole rings is 1. The van der Waals surface area contributed by atoms with Crippen LogP contribution >= 0.6 is 0 Å². The zero-order valence-corrected chi connectivity index (χ0v) is 11.1. The monoisotopic (exact) mass is 293 g/mol. The maximum absolute atomic E-state index is 12.0. The Morgan fingerprint density at radius 3 is 2.65 bits per heavy atom. The summed E-state index contributed by atoms with van der Waals surface area (Å²) < 4.78 is 26.3. The van der Waals surface area contributed by atoms with Gasteiger partial charge in [-0.15, -0.1) is 10.2 Å². The average molecular weight is 293 g/mol. The van der Waals surface area contributed by atoms with Crippen LogP contribution in [0.15, 0.2) is 29.2 Å². The summed E-state index contributed by atoms with van der Waals surface area (Å²) in [5.41, 5.74) is 0.621. The highest BCUT2D eigenvalue weighted by Gasteiger charge is 2.14. The van der Waals surface area contributed by atoms with E-state index in [-0.39, 0.29) is 23.9 Å². The minimum Gasteiger partial charge on any atom is -0.384 e. The summed E-state index contributed by atoms with van der Waals surface area (Å²) in [6, 6.07) is 5.98. The van der Waals surface area contributed by atoms with Crippen LogP contribution in [0.2, 0.25) is 0 Å². The van der Waals surface area contributed by atoms with E-state index in [1.165, 1.54) is 12.1 Å². The van der Waals surface area contributed by atoms with Gasteiger partial charge in [-0.1, -0.05) is 17.1 Å². The third-order valence-electron chi connectivity index (χ3n) is 2.29. The van der Waals surface area contributed by atoms with E-state index in [0.29, 0.717) is 5.56 Å². The summed E-state index contributed by atoms with van der Waals surface area (Å²) in [5, 5.41) is 21.4. The Morgan fingerprint density at radius 2 is 2.05 bits per heavy atom. The van der Waals surface area contributed by atoms with Crippen LogP contribution in [-0.4, -0.2) is 40.8 Å². The molecule has 8 nitrogen and oxygen atoms in total. The molecule has 1 aromatic heterocycles. The lowest BCUT2D eigenvalue weighted by Crippen LogP contribution is -2.23. The number of nitrogens with zero attached hydrogens (tertiary/aromatic N) is 3. The number of aromatic nitrogens is 4. The van der Waals surface area contributed by atoms with Crippen molar-refractivity contribution in [2.45, 2.75) is 11.4 Å². The zero-order chi connectivity index (χ0) is 14.4. The Kier molecular flexibility index (Phi) is 4.41. The molecule has 0 saturated carbocycles. The number of aliphatic hydroxyl groups is 1. The normalized spacial score (nSPS) is 10.8. The minimum absolute atomic E-state index is 0.0507. The van der Waals surface area contributed by atoms with Gasteiger partial charge in [0, 0.05) is 5.56 Å². The summed E-state index contributed by atoms with van der Waals surface area (Å²) in [6.45, 7) is -0.294. The maximum atomic E-state index is 12.0. The van der Waals surface area contributed by atoms with E-state index < -0.39 is 10.0 Å². The predicted molar refractivity (Wildman–Crippen MR) is 68.6 cm³/mol. The number of aliphatic hydroxyl groups excluding tert-OH is 1. The fraction of sp³-hybridized carbons (Fsp3) is 0.182. The van der Waals surface area contributed by atoms with Crippen molar-refractivity contribution in [3.8, 4) is 11.8 Å². The van der Waals surface area contributed by atoms with Crippen molar-refractivity contribution in [3.63, 3.8) is 0 Å². The molecule has 20 heavy (non-hydrogen) atoms. The molecule has 1 heterocycles. The van der Waals surface area contributed by atoms with Crippen LogP contribution in [-0.2, 0) is 16.6 Å². The number of benzene rings is 1. The molecule has 2 rings (SSSR count). The molecule has 0 bridgehead atoms. The number of nitrogens with one attached hydrogen (secondary N) is 2. The van der Waals surface area contributed by atoms with E-state index in [2.05, 4.69) is 37.2 Å². The van der Waals surface area contributed by atoms with Gasteiger partial charge in [-0.3, -0.25) is 0 Å². The van der Waals surface area contributed by atoms with Crippen molar-refractivity contribution in [1.29, 1.82) is 0 Å². The van der Waals surface area contributed by atoms with Gasteiger partial charge in [0.1, 0.15) is 6.61 Å². The van der Waals surface area contributed by atoms with Crippen LogP contribution in [0.3, 0.4) is 0 Å². The van der Waals surface area contributed by atoms with Crippen LogP contribution in [0.4, 0.5) is 0 Å². The summed E-state index contributed by atoms with van der Waals surface area (Å²) in [4.78, 5) is 0.107. The predicted octanol–water partition coefficient (Wildman–Crippen LogP) is -0.978. The Bertz CT molecular complexity index is 714. The van der Waals surface area contributed by atoms with Crippen molar-refractivity contribution in [2.75, 3.05) is 6.61 Å². The summed E-state index contributed by atoms with van der Waals surface area (Å²) in [6.07, 6.45) is 0. The van der Waals surface area contributed by atoms with Gasteiger partial charge in [0.05, 0.1) is 11.4 Å². The molecule has 1 aromatic carbocycles. The number of hydrogen-bond donors (Lipinski definition) is 3. The fourth-order valence-corrected chi connectivity index (χ4v) is 2.34. The third-order valence-corrected chi connectivity index (χ3v) is 3.70. The van der Waals surface area contributed by atoms with Gasteiger partial charge in [-0.2, -0.15) is 5.21 Å². The lowest BCUT2D eigenvalue weighted by atomic mass is 10.2. The molecule has 0 radical (unpaired) electrons. The second-order valence-electron chi connectivity index (χ2n) is 3.64. The molecule has 3 N–H and O–H groups in total. The second kappa shape index (κ2) is 6.25. The maximum Gasteiger partial charge on any atom is 0.240 e. The van der Waals surface area contributed by atoms with Gasteiger partial charge in [0.25, 0.3) is 0 Å². The first-order valence-corrected chi connectivity index (χ1v) is 7.02. The van der Waals surface area contributed by atoms with Crippen molar-refractivity contribution in [1.82, 2.24) is 25.3 Å². The average Bonchev–Trinajstić information content (AvgIpc) is 2.97. The topological polar surface area (TPSA) is 121 Å². The SMILES string of the molecule is O=S(=O)(NCc1nn[nH]n1)c1ccc(C#CCO)cc1. The van der Waals surface area contributed by atoms with Gasteiger partial charge in [0.15, 0.2) is 5.82 Å². The minimum atomic E-state index is -3.64. The molecule has 0 aliphatic rings. The molecule has 0 saturated heterocycles. The van der Waals surface area contributed by atoms with E-state index in [4.69, 9.17) is 5.11 Å². The van der Waals surface area contributed by atoms with E-state index in [1.54, 1.807) is 12.1 Å². The highest BCUT2D eigenvalue weighted by atomic mass is 32.2. The number of rotatable bonds is 4. The van der Waals surface area contributed by atoms with Crippen LogP contribution in [0.1, 0.15) is 11.4 Å². The van der Waals surface area contributed by atoms with Crippen LogP contribution in [0.25, 0.3) is 0 Å². The Labute approximate surface area is 115 Å². The molecule has 104 valence electrons. The lowest BCUT2D eigenvalue weighted by molar-refractivity contribution is 0.350. The summed E-state index contributed by atoms with van der Waals surface area (Å²) in [5.74, 6) is 5.41. The van der Waals surface area contributed by atoms with Crippen molar-refractivity contribution in [3.05, 3.63) is 35.7 Å². The highest BCUT2D eigenvalue weighted by Crippen LogP contribution is 2.10. The van der Waals surface area contributed by atoms with Gasteiger partial charge in [-0.05, 0) is 24.3 Å². The largest absolute Gasteiger partial charge is 0.384 e. The Hall–Kier alpha value is -2.28. The summed E-state index contributed by atoms with van der Waals surface area (Å²) in [7, 11) is -3.64. The molecule has 0 spiro atoms. The van der Waals surface area contributed by atoms with Crippen LogP contribution in [0.5, 0.6) is 0 Å². The first-order valence-electron chi connectivity index (χ1n) is 5.53. The van der Waals surface area contributed by atoms with Crippen LogP contribution < -0.4 is 4.72 Å². The van der Waals surface area contributed by atoms with Crippen LogP contribution in [0, 0.1) is 11.8 Å². The molecule has 0 aliphatic heterocycles. The highest BCUT2D eigenvalue weighted by molar-refractivity contribution is 7.89. The Balaban J connectivity index is 2.09. The Morgan fingerprint density at radius 1 is 1.30 bits per heavy atom. The second-order valence-corrected chi connectivity index (χ2v) is 5.40. The van der Waals surface area contributed by atoms with Crippen molar-refractivity contribution >= 4 is 10.0 Å². The smallest absolute Gasteiger partial charge is 0.240 e. The van der Waals surface area contributed by atoms with Gasteiger partial charge in [0.2, 0.25) is 10.0 Å². The number of aromatic amines is 1. The number of sulfonamides is 1. The number of hydrogen-bond acceptors (Lipinski definition) is 6. The number of H-pyrrole nitrogens is 1. The van der Waals surface area contributed by atoms with E-state index in [1.807, 2.05) is 0 Å². The van der Waals surface area contributed by atoms with E-state index in [9.17, 15) is 8.42 Å². The van der Waals surface area contributed by atoms with Crippen molar-refractivity contribution < 1.29 is 13.5 Å². The zero-order valence-electron chi connectivity index (χ0n) is 10.2. The molecule has 0 amide bonds. The van der Waals surface area contributed by atoms with Crippen molar-refractivity contribution in [2.24, 2.45) is 0 Å². The molecule has 0 fully saturated rings.